The van der Waals surface area contributed by atoms with Gasteiger partial charge in [0, 0.05) is 25.2 Å². The van der Waals surface area contributed by atoms with Crippen LogP contribution in [0.4, 0.5) is 0 Å². The molecule has 1 heterocycles. The van der Waals surface area contributed by atoms with Crippen molar-refractivity contribution in [2.75, 3.05) is 19.6 Å². The lowest BCUT2D eigenvalue weighted by Crippen LogP contribution is -2.47. The van der Waals surface area contributed by atoms with Crippen LogP contribution in [0.1, 0.15) is 39.5 Å². The molecule has 1 atom stereocenters. The molecule has 2 fully saturated rings. The molecule has 81 valence electrons. The van der Waals surface area contributed by atoms with Gasteiger partial charge in [-0.25, -0.2) is 0 Å². The second kappa shape index (κ2) is 4.63. The van der Waals surface area contributed by atoms with E-state index >= 15 is 0 Å². The lowest BCUT2D eigenvalue weighted by Gasteiger charge is -2.34. The summed E-state index contributed by atoms with van der Waals surface area (Å²) in [6.07, 6.45) is 5.58. The van der Waals surface area contributed by atoms with Crippen molar-refractivity contribution in [3.8, 4) is 0 Å². The molecule has 1 saturated carbocycles. The van der Waals surface area contributed by atoms with E-state index in [1.54, 1.807) is 0 Å². The third-order valence-corrected chi connectivity index (χ3v) is 3.09. The standard InChI is InChI=1S/C12H23N2/c1-10(2)8-14-7-3-4-12(9-14)13-11-5-6-11/h11-13H,3-9H2,1-2H3/t12-/m0/s1. The fourth-order valence-electron chi connectivity index (χ4n) is 2.37. The van der Waals surface area contributed by atoms with Crippen molar-refractivity contribution in [1.29, 1.82) is 0 Å². The lowest BCUT2D eigenvalue weighted by atomic mass is 10.0. The van der Waals surface area contributed by atoms with Crippen LogP contribution >= 0.6 is 0 Å². The maximum Gasteiger partial charge on any atom is 0.0198 e. The van der Waals surface area contributed by atoms with Crippen molar-refractivity contribution in [3.05, 3.63) is 5.92 Å². The van der Waals surface area contributed by atoms with Gasteiger partial charge >= 0.3 is 0 Å². The number of piperidine rings is 1. The third kappa shape index (κ3) is 3.25. The molecule has 14 heavy (non-hydrogen) atoms. The van der Waals surface area contributed by atoms with Crippen LogP contribution in [-0.4, -0.2) is 36.6 Å². The monoisotopic (exact) mass is 195 g/mol. The van der Waals surface area contributed by atoms with Gasteiger partial charge in [0.1, 0.15) is 0 Å². The van der Waals surface area contributed by atoms with Crippen molar-refractivity contribution < 1.29 is 0 Å². The van der Waals surface area contributed by atoms with Crippen LogP contribution in [0.25, 0.3) is 0 Å². The van der Waals surface area contributed by atoms with Crippen LogP contribution in [-0.2, 0) is 0 Å². The van der Waals surface area contributed by atoms with Gasteiger partial charge in [-0.2, -0.15) is 0 Å². The van der Waals surface area contributed by atoms with Crippen molar-refractivity contribution in [2.45, 2.75) is 51.6 Å². The van der Waals surface area contributed by atoms with E-state index < -0.39 is 0 Å². The highest BCUT2D eigenvalue weighted by atomic mass is 15.2. The van der Waals surface area contributed by atoms with Gasteiger partial charge in [0.05, 0.1) is 0 Å². The molecule has 0 aromatic heterocycles. The van der Waals surface area contributed by atoms with Crippen LogP contribution in [0.5, 0.6) is 0 Å². The fourth-order valence-corrected chi connectivity index (χ4v) is 2.37. The molecule has 0 unspecified atom stereocenters. The van der Waals surface area contributed by atoms with Gasteiger partial charge < -0.3 is 10.2 Å². The zero-order chi connectivity index (χ0) is 9.97. The fraction of sp³-hybridized carbons (Fsp3) is 0.917. The molecule has 1 N–H and O–H groups in total. The first kappa shape index (κ1) is 10.4. The van der Waals surface area contributed by atoms with Gasteiger partial charge in [-0.1, -0.05) is 13.8 Å². The van der Waals surface area contributed by atoms with E-state index in [0.717, 1.165) is 12.1 Å². The summed E-state index contributed by atoms with van der Waals surface area (Å²) in [5.41, 5.74) is 0. The van der Waals surface area contributed by atoms with Crippen molar-refractivity contribution in [3.63, 3.8) is 0 Å². The molecule has 2 heteroatoms. The molecule has 1 aliphatic carbocycles. The number of nitrogens with one attached hydrogen (secondary N) is 1. The minimum atomic E-state index is 0.774. The Hall–Kier alpha value is -0.0800. The highest BCUT2D eigenvalue weighted by Crippen LogP contribution is 2.22. The molecule has 0 bridgehead atoms. The van der Waals surface area contributed by atoms with E-state index in [0.29, 0.717) is 0 Å². The summed E-state index contributed by atoms with van der Waals surface area (Å²) < 4.78 is 0. The summed E-state index contributed by atoms with van der Waals surface area (Å²) >= 11 is 0. The summed E-state index contributed by atoms with van der Waals surface area (Å²) in [5.74, 6) is 1.54. The summed E-state index contributed by atoms with van der Waals surface area (Å²) in [5, 5.41) is 3.75. The molecule has 1 radical (unpaired) electrons. The average Bonchev–Trinajstić information content (AvgIpc) is 2.87. The minimum Gasteiger partial charge on any atom is -0.310 e. The number of hydrogen-bond donors (Lipinski definition) is 1. The Kier molecular flexibility index (Phi) is 3.45. The summed E-state index contributed by atoms with van der Waals surface area (Å²) in [6.45, 7) is 8.23. The van der Waals surface area contributed by atoms with Crippen molar-refractivity contribution >= 4 is 0 Å². The summed E-state index contributed by atoms with van der Waals surface area (Å²) in [6, 6.07) is 1.64. The van der Waals surface area contributed by atoms with E-state index in [9.17, 15) is 0 Å². The van der Waals surface area contributed by atoms with Gasteiger partial charge in [0.25, 0.3) is 0 Å². The largest absolute Gasteiger partial charge is 0.310 e. The maximum absolute atomic E-state index is 3.75. The molecule has 0 spiro atoms. The highest BCUT2D eigenvalue weighted by molar-refractivity contribution is 4.90. The molecular formula is C12H23N2. The molecule has 0 amide bonds. The van der Waals surface area contributed by atoms with Crippen LogP contribution in [0.3, 0.4) is 0 Å². The Morgan fingerprint density at radius 3 is 2.64 bits per heavy atom. The zero-order valence-electron chi connectivity index (χ0n) is 9.55. The minimum absolute atomic E-state index is 0.774. The zero-order valence-corrected chi connectivity index (χ0v) is 9.55. The second-order valence-corrected chi connectivity index (χ2v) is 5.22. The summed E-state index contributed by atoms with van der Waals surface area (Å²) in [4.78, 5) is 2.60. The van der Waals surface area contributed by atoms with E-state index in [4.69, 9.17) is 0 Å². The maximum atomic E-state index is 3.75. The Balaban J connectivity index is 1.71. The van der Waals surface area contributed by atoms with Gasteiger partial charge in [0.2, 0.25) is 0 Å². The third-order valence-electron chi connectivity index (χ3n) is 3.09. The molecule has 0 aromatic carbocycles. The van der Waals surface area contributed by atoms with E-state index in [1.807, 2.05) is 0 Å². The Morgan fingerprint density at radius 2 is 2.00 bits per heavy atom. The van der Waals surface area contributed by atoms with Gasteiger partial charge in [-0.3, -0.25) is 0 Å². The van der Waals surface area contributed by atoms with Crippen LogP contribution in [0, 0.1) is 5.92 Å². The first-order valence-corrected chi connectivity index (χ1v) is 6.01. The van der Waals surface area contributed by atoms with Crippen LogP contribution < -0.4 is 5.32 Å². The van der Waals surface area contributed by atoms with E-state index in [2.05, 4.69) is 24.1 Å². The van der Waals surface area contributed by atoms with E-state index in [-0.39, 0.29) is 0 Å². The molecule has 2 aliphatic rings. The lowest BCUT2D eigenvalue weighted by molar-refractivity contribution is 0.196. The van der Waals surface area contributed by atoms with Gasteiger partial charge in [0.15, 0.2) is 0 Å². The Labute approximate surface area is 88.1 Å². The summed E-state index contributed by atoms with van der Waals surface area (Å²) in [7, 11) is 0. The first-order chi connectivity index (χ1) is 6.74. The highest BCUT2D eigenvalue weighted by Gasteiger charge is 2.27. The second-order valence-electron chi connectivity index (χ2n) is 5.22. The average molecular weight is 195 g/mol. The van der Waals surface area contributed by atoms with Crippen molar-refractivity contribution in [2.24, 2.45) is 0 Å². The van der Waals surface area contributed by atoms with E-state index in [1.165, 1.54) is 51.2 Å². The van der Waals surface area contributed by atoms with Crippen molar-refractivity contribution in [1.82, 2.24) is 10.2 Å². The topological polar surface area (TPSA) is 15.3 Å². The predicted octanol–water partition coefficient (Wildman–Crippen LogP) is 1.82. The van der Waals surface area contributed by atoms with Crippen LogP contribution in [0.2, 0.25) is 0 Å². The Morgan fingerprint density at radius 1 is 1.21 bits per heavy atom. The first-order valence-electron chi connectivity index (χ1n) is 6.01. The van der Waals surface area contributed by atoms with Gasteiger partial charge in [-0.15, -0.1) is 0 Å². The quantitative estimate of drug-likeness (QED) is 0.736. The molecular weight excluding hydrogens is 172 g/mol. The molecule has 1 aliphatic heterocycles. The molecule has 2 nitrogen and oxygen atoms in total. The SMILES string of the molecule is C[C](C)CN1CCC[C@H](NC2CC2)C1. The van der Waals surface area contributed by atoms with Crippen LogP contribution in [0.15, 0.2) is 0 Å². The number of likely N-dealkylation sites (tertiary alicyclic amines) is 1. The molecule has 2 rings (SSSR count). The molecule has 1 saturated heterocycles. The Bertz CT molecular complexity index is 165. The smallest absolute Gasteiger partial charge is 0.0198 e. The number of hydrogen-bond acceptors (Lipinski definition) is 2. The predicted molar refractivity (Wildman–Crippen MR) is 60.2 cm³/mol. The van der Waals surface area contributed by atoms with Gasteiger partial charge in [-0.05, 0) is 38.1 Å². The normalized spacial score (nSPS) is 29.8. The molecule has 0 aromatic rings. The number of rotatable bonds is 4. The number of nitrogens with zero attached hydrogens (tertiary/aromatic N) is 1.